The van der Waals surface area contributed by atoms with E-state index >= 15 is 0 Å². The van der Waals surface area contributed by atoms with Crippen molar-refractivity contribution in [2.24, 2.45) is 11.7 Å². The Balaban J connectivity index is 1.96. The Labute approximate surface area is 130 Å². The van der Waals surface area contributed by atoms with Gasteiger partial charge in [-0.05, 0) is 25.0 Å². The van der Waals surface area contributed by atoms with Crippen molar-refractivity contribution in [3.8, 4) is 0 Å². The van der Waals surface area contributed by atoms with E-state index in [4.69, 9.17) is 5.73 Å². The van der Waals surface area contributed by atoms with E-state index in [1.165, 1.54) is 12.1 Å². The molecule has 22 heavy (non-hydrogen) atoms. The highest BCUT2D eigenvalue weighted by molar-refractivity contribution is 5.74. The Morgan fingerprint density at radius 3 is 2.73 bits per heavy atom. The number of quaternary nitrogens is 1. The Hall–Kier alpha value is -1.46. The largest absolute Gasteiger partial charge is 0.389 e. The van der Waals surface area contributed by atoms with Crippen LogP contribution in [0.15, 0.2) is 24.3 Å². The maximum atomic E-state index is 13.2. The second kappa shape index (κ2) is 5.97. The topological polar surface area (TPSA) is 67.8 Å². The van der Waals surface area contributed by atoms with Gasteiger partial charge in [-0.2, -0.15) is 0 Å². The van der Waals surface area contributed by atoms with Crippen molar-refractivity contribution in [2.75, 3.05) is 13.1 Å². The summed E-state index contributed by atoms with van der Waals surface area (Å²) in [5.74, 6) is -0.493. The number of fused-ring (bicyclic) bond motifs is 1. The highest BCUT2D eigenvalue weighted by atomic mass is 19.1. The molecule has 120 valence electrons. The highest BCUT2D eigenvalue weighted by Gasteiger charge is 2.51. The minimum absolute atomic E-state index is 0.00662. The molecule has 1 aliphatic carbocycles. The average Bonchev–Trinajstić information content (AvgIpc) is 2.48. The molecule has 0 spiro atoms. The molecule has 0 radical (unpaired) electrons. The van der Waals surface area contributed by atoms with Crippen LogP contribution in [0, 0.1) is 11.7 Å². The Bertz CT molecular complexity index is 548. The molecule has 0 bridgehead atoms. The number of carbonyl (C=O) groups excluding carboxylic acids is 1. The molecular weight excluding hydrogens is 283 g/mol. The van der Waals surface area contributed by atoms with Crippen molar-refractivity contribution in [2.45, 2.75) is 43.7 Å². The number of rotatable bonds is 3. The van der Waals surface area contributed by atoms with Gasteiger partial charge in [0.2, 0.25) is 0 Å². The fourth-order valence-corrected chi connectivity index (χ4v) is 4.41. The predicted octanol–water partition coefficient (Wildman–Crippen LogP) is 0.562. The van der Waals surface area contributed by atoms with E-state index in [2.05, 4.69) is 0 Å². The smallest absolute Gasteiger partial charge is 0.272 e. The number of aliphatic hydroxyl groups is 1. The second-order valence-electron chi connectivity index (χ2n) is 6.79. The Morgan fingerprint density at radius 2 is 2.05 bits per heavy atom. The van der Waals surface area contributed by atoms with Crippen LogP contribution in [0.25, 0.3) is 0 Å². The van der Waals surface area contributed by atoms with Crippen LogP contribution in [0.2, 0.25) is 0 Å². The SMILES string of the molecule is NC(=O)C[NH+]1CC[C@@]2(O)CCCC[C@@H]2[C@@H]1c1ccc(F)cc1. The van der Waals surface area contributed by atoms with Gasteiger partial charge in [-0.25, -0.2) is 4.39 Å². The van der Waals surface area contributed by atoms with Crippen LogP contribution in [0.4, 0.5) is 4.39 Å². The molecule has 0 aromatic heterocycles. The van der Waals surface area contributed by atoms with Crippen LogP contribution in [-0.4, -0.2) is 29.7 Å². The van der Waals surface area contributed by atoms with E-state index in [9.17, 15) is 14.3 Å². The molecule has 2 fully saturated rings. The first-order chi connectivity index (χ1) is 10.5. The quantitative estimate of drug-likeness (QED) is 0.764. The van der Waals surface area contributed by atoms with Gasteiger partial charge in [0.1, 0.15) is 11.9 Å². The number of piperidine rings is 1. The molecule has 5 heteroatoms. The van der Waals surface area contributed by atoms with E-state index in [0.29, 0.717) is 6.42 Å². The van der Waals surface area contributed by atoms with Gasteiger partial charge < -0.3 is 15.7 Å². The zero-order chi connectivity index (χ0) is 15.7. The fraction of sp³-hybridized carbons (Fsp3) is 0.588. The number of amides is 1. The van der Waals surface area contributed by atoms with Crippen molar-refractivity contribution in [3.05, 3.63) is 35.6 Å². The number of primary amides is 1. The maximum absolute atomic E-state index is 13.2. The third-order valence-corrected chi connectivity index (χ3v) is 5.42. The average molecular weight is 307 g/mol. The van der Waals surface area contributed by atoms with Crippen LogP contribution in [0.3, 0.4) is 0 Å². The van der Waals surface area contributed by atoms with Crippen molar-refractivity contribution >= 4 is 5.91 Å². The molecule has 1 amide bonds. The van der Waals surface area contributed by atoms with Crippen molar-refractivity contribution < 1.29 is 19.2 Å². The molecule has 4 nitrogen and oxygen atoms in total. The van der Waals surface area contributed by atoms with Crippen LogP contribution in [0.5, 0.6) is 0 Å². The van der Waals surface area contributed by atoms with E-state index in [1.807, 2.05) is 0 Å². The van der Waals surface area contributed by atoms with Gasteiger partial charge >= 0.3 is 0 Å². The Morgan fingerprint density at radius 1 is 1.32 bits per heavy atom. The lowest BCUT2D eigenvalue weighted by Crippen LogP contribution is -3.16. The second-order valence-corrected chi connectivity index (χ2v) is 6.79. The molecule has 4 atom stereocenters. The number of halogens is 1. The summed E-state index contributed by atoms with van der Waals surface area (Å²) in [6.07, 6.45) is 4.61. The molecule has 1 aromatic rings. The zero-order valence-electron chi connectivity index (χ0n) is 12.7. The first-order valence-electron chi connectivity index (χ1n) is 8.10. The number of nitrogens with one attached hydrogen (secondary N) is 1. The standard InChI is InChI=1S/C17H23FN2O2/c18-13-6-4-12(5-7-13)16-14-3-1-2-8-17(14,22)9-10-20(16)11-15(19)21/h4-7,14,16,22H,1-3,8-11H2,(H2,19,21)/p+1/t14-,16+,17+/m1/s1. The normalized spacial score (nSPS) is 34.9. The van der Waals surface area contributed by atoms with Crippen LogP contribution >= 0.6 is 0 Å². The van der Waals surface area contributed by atoms with E-state index in [-0.39, 0.29) is 30.2 Å². The molecule has 1 saturated heterocycles. The molecule has 1 aliphatic heterocycles. The van der Waals surface area contributed by atoms with Gasteiger partial charge in [0.15, 0.2) is 6.54 Å². The van der Waals surface area contributed by atoms with Gasteiger partial charge in [0.25, 0.3) is 5.91 Å². The fourth-order valence-electron chi connectivity index (χ4n) is 4.41. The van der Waals surface area contributed by atoms with Gasteiger partial charge in [-0.15, -0.1) is 0 Å². The Kier molecular flexibility index (Phi) is 4.19. The van der Waals surface area contributed by atoms with Crippen LogP contribution in [-0.2, 0) is 4.79 Å². The molecule has 1 saturated carbocycles. The minimum atomic E-state index is -0.654. The number of nitrogens with two attached hydrogens (primary N) is 1. The van der Waals surface area contributed by atoms with Gasteiger partial charge in [0.05, 0.1) is 12.1 Å². The van der Waals surface area contributed by atoms with Crippen molar-refractivity contribution in [1.29, 1.82) is 0 Å². The number of benzene rings is 1. The maximum Gasteiger partial charge on any atom is 0.272 e. The third kappa shape index (κ3) is 2.88. The van der Waals surface area contributed by atoms with Gasteiger partial charge in [-0.1, -0.05) is 25.0 Å². The van der Waals surface area contributed by atoms with Gasteiger partial charge in [0, 0.05) is 17.9 Å². The van der Waals surface area contributed by atoms with Crippen LogP contribution in [0.1, 0.15) is 43.7 Å². The lowest BCUT2D eigenvalue weighted by Gasteiger charge is -2.50. The minimum Gasteiger partial charge on any atom is -0.389 e. The molecule has 1 aromatic carbocycles. The molecule has 3 rings (SSSR count). The lowest BCUT2D eigenvalue weighted by molar-refractivity contribution is -0.937. The third-order valence-electron chi connectivity index (χ3n) is 5.42. The first kappa shape index (κ1) is 15.4. The van der Waals surface area contributed by atoms with Crippen molar-refractivity contribution in [3.63, 3.8) is 0 Å². The summed E-state index contributed by atoms with van der Waals surface area (Å²) in [6.45, 7) is 0.979. The monoisotopic (exact) mass is 307 g/mol. The summed E-state index contributed by atoms with van der Waals surface area (Å²) in [4.78, 5) is 12.5. The van der Waals surface area contributed by atoms with Gasteiger partial charge in [-0.3, -0.25) is 4.79 Å². The predicted molar refractivity (Wildman–Crippen MR) is 80.6 cm³/mol. The molecule has 1 heterocycles. The summed E-state index contributed by atoms with van der Waals surface area (Å²) < 4.78 is 13.2. The molecular formula is C17H24FN2O2+. The van der Waals surface area contributed by atoms with E-state index in [1.54, 1.807) is 12.1 Å². The number of hydrogen-bond donors (Lipinski definition) is 3. The van der Waals surface area contributed by atoms with Crippen LogP contribution < -0.4 is 10.6 Å². The summed E-state index contributed by atoms with van der Waals surface area (Å²) in [5, 5.41) is 11.0. The number of hydrogen-bond acceptors (Lipinski definition) is 2. The summed E-state index contributed by atoms with van der Waals surface area (Å²) >= 11 is 0. The van der Waals surface area contributed by atoms with E-state index < -0.39 is 5.60 Å². The lowest BCUT2D eigenvalue weighted by atomic mass is 9.66. The summed E-state index contributed by atoms with van der Waals surface area (Å²) in [5.41, 5.74) is 5.74. The highest BCUT2D eigenvalue weighted by Crippen LogP contribution is 2.43. The molecule has 4 N–H and O–H groups in total. The summed E-state index contributed by atoms with van der Waals surface area (Å²) in [7, 11) is 0. The zero-order valence-corrected chi connectivity index (χ0v) is 12.7. The number of likely N-dealkylation sites (tertiary alicyclic amines) is 1. The summed E-state index contributed by atoms with van der Waals surface area (Å²) in [6, 6.07) is 6.47. The van der Waals surface area contributed by atoms with E-state index in [0.717, 1.165) is 42.7 Å². The van der Waals surface area contributed by atoms with Crippen molar-refractivity contribution in [1.82, 2.24) is 0 Å². The molecule has 2 aliphatic rings. The first-order valence-corrected chi connectivity index (χ1v) is 8.10. The molecule has 1 unspecified atom stereocenters. The number of carbonyl (C=O) groups is 1.